The average Bonchev–Trinajstić information content (AvgIpc) is 2.28. The number of nitrogens with two attached hydrogens (primary N) is 1. The third-order valence-electron chi connectivity index (χ3n) is 2.61. The fraction of sp³-hybridized carbons (Fsp3) is 0.417. The molecule has 1 aromatic carbocycles. The lowest BCUT2D eigenvalue weighted by Crippen LogP contribution is -2.14. The van der Waals surface area contributed by atoms with Crippen LogP contribution in [0.3, 0.4) is 0 Å². The van der Waals surface area contributed by atoms with Crippen LogP contribution in [-0.2, 0) is 6.42 Å². The second-order valence-corrected chi connectivity index (χ2v) is 3.92. The molecule has 0 radical (unpaired) electrons. The lowest BCUT2D eigenvalue weighted by atomic mass is 10.00. The molecule has 0 saturated heterocycles. The predicted molar refractivity (Wildman–Crippen MR) is 64.8 cm³/mol. The van der Waals surface area contributed by atoms with Crippen LogP contribution >= 0.6 is 0 Å². The molecule has 0 heterocycles. The van der Waals surface area contributed by atoms with Crippen LogP contribution in [0.4, 0.5) is 5.69 Å². The number of carbonyl (C=O) groups is 1. The first-order chi connectivity index (χ1) is 8.06. The predicted octanol–water partition coefficient (Wildman–Crippen LogP) is 2.43. The normalized spacial score (nSPS) is 10.2. The number of nitrogens with zero attached hydrogens (tertiary/aromatic N) is 1. The zero-order chi connectivity index (χ0) is 12.8. The van der Waals surface area contributed by atoms with Crippen LogP contribution in [0, 0.1) is 10.1 Å². The molecule has 5 heteroatoms. The molecule has 5 nitrogen and oxygen atoms in total. The number of amides is 1. The van der Waals surface area contributed by atoms with Gasteiger partial charge in [-0.1, -0.05) is 19.8 Å². The highest BCUT2D eigenvalue weighted by Gasteiger charge is 2.13. The second-order valence-electron chi connectivity index (χ2n) is 3.92. The van der Waals surface area contributed by atoms with Crippen molar-refractivity contribution in [2.75, 3.05) is 0 Å². The lowest BCUT2D eigenvalue weighted by Gasteiger charge is -2.06. The molecule has 0 spiro atoms. The molecule has 0 aliphatic carbocycles. The first kappa shape index (κ1) is 13.2. The minimum atomic E-state index is -0.536. The van der Waals surface area contributed by atoms with Gasteiger partial charge in [0.25, 0.3) is 5.69 Å². The first-order valence-electron chi connectivity index (χ1n) is 5.63. The molecule has 0 atom stereocenters. The number of aryl methyl sites for hydroxylation is 1. The van der Waals surface area contributed by atoms with Gasteiger partial charge in [0.2, 0.25) is 5.91 Å². The summed E-state index contributed by atoms with van der Waals surface area (Å²) in [5.41, 5.74) is 6.29. The summed E-state index contributed by atoms with van der Waals surface area (Å²) in [6.07, 6.45) is 3.63. The van der Waals surface area contributed by atoms with Crippen LogP contribution in [0.25, 0.3) is 0 Å². The van der Waals surface area contributed by atoms with E-state index in [1.807, 2.05) is 0 Å². The Labute approximate surface area is 99.8 Å². The van der Waals surface area contributed by atoms with Gasteiger partial charge in [0.15, 0.2) is 0 Å². The van der Waals surface area contributed by atoms with E-state index in [2.05, 4.69) is 6.92 Å². The van der Waals surface area contributed by atoms with E-state index in [9.17, 15) is 14.9 Å². The highest BCUT2D eigenvalue weighted by molar-refractivity contribution is 5.94. The van der Waals surface area contributed by atoms with Crippen molar-refractivity contribution in [1.82, 2.24) is 0 Å². The van der Waals surface area contributed by atoms with E-state index in [0.29, 0.717) is 17.5 Å². The van der Waals surface area contributed by atoms with Gasteiger partial charge in [-0.05, 0) is 24.5 Å². The highest BCUT2D eigenvalue weighted by atomic mass is 16.6. The molecular weight excluding hydrogens is 220 g/mol. The van der Waals surface area contributed by atoms with Crippen molar-refractivity contribution in [2.45, 2.75) is 32.6 Å². The molecule has 0 aliphatic rings. The fourth-order valence-corrected chi connectivity index (χ4v) is 1.71. The maximum absolute atomic E-state index is 11.2. The van der Waals surface area contributed by atoms with E-state index in [1.165, 1.54) is 18.2 Å². The van der Waals surface area contributed by atoms with Gasteiger partial charge in [-0.3, -0.25) is 14.9 Å². The van der Waals surface area contributed by atoms with Crippen molar-refractivity contribution >= 4 is 11.6 Å². The molecule has 17 heavy (non-hydrogen) atoms. The van der Waals surface area contributed by atoms with E-state index < -0.39 is 10.8 Å². The Bertz CT molecular complexity index is 430. The van der Waals surface area contributed by atoms with Gasteiger partial charge in [0, 0.05) is 17.7 Å². The van der Waals surface area contributed by atoms with Crippen molar-refractivity contribution in [1.29, 1.82) is 0 Å². The molecule has 0 fully saturated rings. The molecule has 0 saturated carbocycles. The molecule has 0 aliphatic heterocycles. The number of nitro groups is 1. The third kappa shape index (κ3) is 3.55. The minimum Gasteiger partial charge on any atom is -0.366 e. The molecule has 0 bridgehead atoms. The summed E-state index contributed by atoms with van der Waals surface area (Å²) >= 11 is 0. The van der Waals surface area contributed by atoms with Crippen LogP contribution < -0.4 is 5.73 Å². The molecular formula is C12H16N2O3. The molecule has 1 amide bonds. The quantitative estimate of drug-likeness (QED) is 0.467. The number of non-ortho nitro benzene ring substituents is 1. The first-order valence-corrected chi connectivity index (χ1v) is 5.63. The van der Waals surface area contributed by atoms with Gasteiger partial charge in [-0.2, -0.15) is 0 Å². The van der Waals surface area contributed by atoms with Crippen molar-refractivity contribution in [3.05, 3.63) is 39.4 Å². The van der Waals surface area contributed by atoms with E-state index in [0.717, 1.165) is 19.3 Å². The Morgan fingerprint density at radius 1 is 1.41 bits per heavy atom. The minimum absolute atomic E-state index is 0.00139. The molecule has 1 rings (SSSR count). The van der Waals surface area contributed by atoms with Gasteiger partial charge in [0.05, 0.1) is 4.92 Å². The van der Waals surface area contributed by atoms with Gasteiger partial charge in [0.1, 0.15) is 0 Å². The lowest BCUT2D eigenvalue weighted by molar-refractivity contribution is -0.384. The van der Waals surface area contributed by atoms with Gasteiger partial charge >= 0.3 is 0 Å². The summed E-state index contributed by atoms with van der Waals surface area (Å²) in [5, 5.41) is 10.7. The highest BCUT2D eigenvalue weighted by Crippen LogP contribution is 2.19. The van der Waals surface area contributed by atoms with Gasteiger partial charge in [-0.25, -0.2) is 0 Å². The molecule has 92 valence electrons. The Morgan fingerprint density at radius 3 is 2.65 bits per heavy atom. The van der Waals surface area contributed by atoms with E-state index in [-0.39, 0.29) is 5.69 Å². The van der Waals surface area contributed by atoms with Gasteiger partial charge in [-0.15, -0.1) is 0 Å². The summed E-state index contributed by atoms with van der Waals surface area (Å²) in [6.45, 7) is 2.07. The zero-order valence-corrected chi connectivity index (χ0v) is 9.81. The SMILES string of the molecule is CCCCCc1cc([N+](=O)[O-])ccc1C(N)=O. The summed E-state index contributed by atoms with van der Waals surface area (Å²) in [7, 11) is 0. The molecule has 0 unspecified atom stereocenters. The van der Waals surface area contributed by atoms with Crippen LogP contribution in [0.2, 0.25) is 0 Å². The fourth-order valence-electron chi connectivity index (χ4n) is 1.71. The largest absolute Gasteiger partial charge is 0.366 e. The number of unbranched alkanes of at least 4 members (excludes halogenated alkanes) is 2. The van der Waals surface area contributed by atoms with Crippen molar-refractivity contribution < 1.29 is 9.72 Å². The van der Waals surface area contributed by atoms with Crippen molar-refractivity contribution in [2.24, 2.45) is 5.73 Å². The number of hydrogen-bond acceptors (Lipinski definition) is 3. The Balaban J connectivity index is 2.98. The molecule has 1 aromatic rings. The van der Waals surface area contributed by atoms with E-state index in [4.69, 9.17) is 5.73 Å². The van der Waals surface area contributed by atoms with Crippen LogP contribution in [-0.4, -0.2) is 10.8 Å². The molecule has 2 N–H and O–H groups in total. The number of nitro benzene ring substituents is 1. The second kappa shape index (κ2) is 5.98. The third-order valence-corrected chi connectivity index (χ3v) is 2.61. The van der Waals surface area contributed by atoms with E-state index >= 15 is 0 Å². The summed E-state index contributed by atoms with van der Waals surface area (Å²) in [4.78, 5) is 21.4. The Kier molecular flexibility index (Phi) is 4.63. The number of primary amides is 1. The monoisotopic (exact) mass is 236 g/mol. The molecule has 0 aromatic heterocycles. The number of carbonyl (C=O) groups excluding carboxylic acids is 1. The maximum Gasteiger partial charge on any atom is 0.269 e. The topological polar surface area (TPSA) is 86.2 Å². The smallest absolute Gasteiger partial charge is 0.269 e. The van der Waals surface area contributed by atoms with Crippen LogP contribution in [0.5, 0.6) is 0 Å². The van der Waals surface area contributed by atoms with Crippen molar-refractivity contribution in [3.8, 4) is 0 Å². The van der Waals surface area contributed by atoms with E-state index in [1.54, 1.807) is 0 Å². The zero-order valence-electron chi connectivity index (χ0n) is 9.81. The average molecular weight is 236 g/mol. The standard InChI is InChI=1S/C12H16N2O3/c1-2-3-4-5-9-8-10(14(16)17)6-7-11(9)12(13)15/h6-8H,2-5H2,1H3,(H2,13,15). The number of benzene rings is 1. The number of hydrogen-bond donors (Lipinski definition) is 1. The number of rotatable bonds is 6. The summed E-state index contributed by atoms with van der Waals surface area (Å²) in [6, 6.07) is 4.18. The van der Waals surface area contributed by atoms with Crippen LogP contribution in [0.1, 0.15) is 42.1 Å². The Hall–Kier alpha value is -1.91. The maximum atomic E-state index is 11.2. The van der Waals surface area contributed by atoms with Crippen LogP contribution in [0.15, 0.2) is 18.2 Å². The summed E-state index contributed by atoms with van der Waals surface area (Å²) in [5.74, 6) is -0.536. The van der Waals surface area contributed by atoms with Crippen molar-refractivity contribution in [3.63, 3.8) is 0 Å². The Morgan fingerprint density at radius 2 is 2.12 bits per heavy atom. The summed E-state index contributed by atoms with van der Waals surface area (Å²) < 4.78 is 0. The van der Waals surface area contributed by atoms with Gasteiger partial charge < -0.3 is 5.73 Å².